The molecule has 1 atom stereocenters. The van der Waals surface area contributed by atoms with Gasteiger partial charge in [-0.2, -0.15) is 0 Å². The number of hydrogen-bond acceptors (Lipinski definition) is 9. The summed E-state index contributed by atoms with van der Waals surface area (Å²) in [5.41, 5.74) is 0.366. The number of benzene rings is 1. The van der Waals surface area contributed by atoms with Crippen molar-refractivity contribution in [1.82, 2.24) is 20.2 Å². The monoisotopic (exact) mass is 434 g/mol. The molecule has 0 radical (unpaired) electrons. The van der Waals surface area contributed by atoms with Gasteiger partial charge in [-0.05, 0) is 29.5 Å². The zero-order valence-electron chi connectivity index (χ0n) is 16.9. The predicted molar refractivity (Wildman–Crippen MR) is 106 cm³/mol. The summed E-state index contributed by atoms with van der Waals surface area (Å²) in [6.45, 7) is 4.70. The summed E-state index contributed by atoms with van der Waals surface area (Å²) in [7, 11) is 1.56. The van der Waals surface area contributed by atoms with Crippen LogP contribution in [0.25, 0.3) is 5.57 Å². The Morgan fingerprint density at radius 2 is 2.03 bits per heavy atom. The number of allylic oxidation sites excluding steroid dienone is 2. The molecule has 11 heteroatoms. The fourth-order valence-electron chi connectivity index (χ4n) is 2.22. The van der Waals surface area contributed by atoms with Gasteiger partial charge >= 0.3 is 5.97 Å². The fraction of sp³-hybridized carbons (Fsp3) is 0.350. The highest BCUT2D eigenvalue weighted by atomic mass is 19.1. The SMILES string of the molecule is C=C(C=CC(O)CC(=O)CC(=O)Oc1ccc(F)cc1)c1nnn(COCCOC)n1. The number of esters is 1. The molecule has 1 heterocycles. The lowest BCUT2D eigenvalue weighted by Crippen LogP contribution is -2.18. The topological polar surface area (TPSA) is 126 Å². The van der Waals surface area contributed by atoms with Gasteiger partial charge in [-0.3, -0.25) is 9.59 Å². The molecule has 2 aromatic rings. The van der Waals surface area contributed by atoms with Crippen LogP contribution in [0.4, 0.5) is 4.39 Å². The van der Waals surface area contributed by atoms with Crippen molar-refractivity contribution in [2.24, 2.45) is 0 Å². The van der Waals surface area contributed by atoms with Crippen LogP contribution in [-0.2, 0) is 25.8 Å². The number of nitrogens with zero attached hydrogens (tertiary/aromatic N) is 4. The second-order valence-corrected chi connectivity index (χ2v) is 6.31. The minimum atomic E-state index is -1.14. The molecule has 0 bridgehead atoms. The van der Waals surface area contributed by atoms with Crippen molar-refractivity contribution < 1.29 is 33.3 Å². The first kappa shape index (κ1) is 24.0. The second kappa shape index (κ2) is 12.4. The summed E-state index contributed by atoms with van der Waals surface area (Å²) >= 11 is 0. The maximum atomic E-state index is 12.8. The number of ether oxygens (including phenoxy) is 3. The van der Waals surface area contributed by atoms with Gasteiger partial charge in [0.05, 0.1) is 19.3 Å². The number of hydrogen-bond donors (Lipinski definition) is 1. The zero-order chi connectivity index (χ0) is 22.6. The van der Waals surface area contributed by atoms with Crippen LogP contribution in [0.1, 0.15) is 18.7 Å². The largest absolute Gasteiger partial charge is 0.426 e. The molecule has 31 heavy (non-hydrogen) atoms. The van der Waals surface area contributed by atoms with Gasteiger partial charge in [-0.25, -0.2) is 4.39 Å². The van der Waals surface area contributed by atoms with E-state index in [9.17, 15) is 19.1 Å². The molecule has 0 amide bonds. The Labute approximate surface area is 177 Å². The summed E-state index contributed by atoms with van der Waals surface area (Å²) < 4.78 is 27.9. The molecule has 1 unspecified atom stereocenters. The minimum absolute atomic E-state index is 0.0957. The first-order valence-electron chi connectivity index (χ1n) is 9.25. The van der Waals surface area contributed by atoms with E-state index in [2.05, 4.69) is 22.0 Å². The second-order valence-electron chi connectivity index (χ2n) is 6.31. The molecule has 0 saturated heterocycles. The van der Waals surface area contributed by atoms with Gasteiger partial charge in [-0.15, -0.1) is 15.0 Å². The number of aliphatic hydroxyl groups is 1. The summed E-state index contributed by atoms with van der Waals surface area (Å²) in [4.78, 5) is 24.9. The molecular formula is C20H23FN4O6. The Morgan fingerprint density at radius 1 is 1.29 bits per heavy atom. The number of methoxy groups -OCH3 is 1. The van der Waals surface area contributed by atoms with Crippen LogP contribution in [0, 0.1) is 5.82 Å². The molecule has 10 nitrogen and oxygen atoms in total. The predicted octanol–water partition coefficient (Wildman–Crippen LogP) is 1.32. The number of rotatable bonds is 13. The van der Waals surface area contributed by atoms with Gasteiger partial charge < -0.3 is 19.3 Å². The molecule has 0 saturated carbocycles. The lowest BCUT2D eigenvalue weighted by Gasteiger charge is -2.06. The quantitative estimate of drug-likeness (QED) is 0.163. The molecule has 1 aromatic carbocycles. The average Bonchev–Trinajstić information content (AvgIpc) is 3.20. The number of carbonyl (C=O) groups excluding carboxylic acids is 2. The van der Waals surface area contributed by atoms with Gasteiger partial charge in [-0.1, -0.05) is 18.7 Å². The van der Waals surface area contributed by atoms with Crippen molar-refractivity contribution >= 4 is 17.3 Å². The van der Waals surface area contributed by atoms with Crippen molar-refractivity contribution in [2.75, 3.05) is 20.3 Å². The third kappa shape index (κ3) is 8.95. The Bertz CT molecular complexity index is 913. The maximum absolute atomic E-state index is 12.8. The van der Waals surface area contributed by atoms with E-state index in [1.165, 1.54) is 29.1 Å². The van der Waals surface area contributed by atoms with E-state index < -0.39 is 30.1 Å². The van der Waals surface area contributed by atoms with Gasteiger partial charge in [0, 0.05) is 19.1 Å². The van der Waals surface area contributed by atoms with Crippen LogP contribution >= 0.6 is 0 Å². The van der Waals surface area contributed by atoms with Gasteiger partial charge in [0.1, 0.15) is 23.8 Å². The number of ketones is 1. The third-order valence-corrected chi connectivity index (χ3v) is 3.72. The highest BCUT2D eigenvalue weighted by Crippen LogP contribution is 2.13. The van der Waals surface area contributed by atoms with Crippen LogP contribution in [0.5, 0.6) is 5.75 Å². The van der Waals surface area contributed by atoms with Crippen LogP contribution in [0.3, 0.4) is 0 Å². The van der Waals surface area contributed by atoms with E-state index >= 15 is 0 Å². The molecule has 0 spiro atoms. The first-order chi connectivity index (χ1) is 14.9. The van der Waals surface area contributed by atoms with E-state index in [1.54, 1.807) is 7.11 Å². The van der Waals surface area contributed by atoms with E-state index in [0.717, 1.165) is 12.1 Å². The zero-order valence-corrected chi connectivity index (χ0v) is 16.9. The molecule has 166 valence electrons. The average molecular weight is 434 g/mol. The molecule has 2 rings (SSSR count). The first-order valence-corrected chi connectivity index (χ1v) is 9.25. The molecule has 1 aromatic heterocycles. The lowest BCUT2D eigenvalue weighted by atomic mass is 10.1. The third-order valence-electron chi connectivity index (χ3n) is 3.72. The lowest BCUT2D eigenvalue weighted by molar-refractivity contribution is -0.138. The molecular weight excluding hydrogens is 411 g/mol. The van der Waals surface area contributed by atoms with Crippen LogP contribution < -0.4 is 4.74 Å². The maximum Gasteiger partial charge on any atom is 0.318 e. The van der Waals surface area contributed by atoms with E-state index in [-0.39, 0.29) is 24.7 Å². The Hall–Kier alpha value is -3.28. The van der Waals surface area contributed by atoms with E-state index in [4.69, 9.17) is 14.2 Å². The van der Waals surface area contributed by atoms with E-state index in [0.29, 0.717) is 18.8 Å². The Balaban J connectivity index is 1.75. The Morgan fingerprint density at radius 3 is 2.74 bits per heavy atom. The van der Waals surface area contributed by atoms with E-state index in [1.807, 2.05) is 0 Å². The number of halogens is 1. The highest BCUT2D eigenvalue weighted by molar-refractivity contribution is 5.96. The number of tetrazole rings is 1. The van der Waals surface area contributed by atoms with Crippen molar-refractivity contribution in [3.8, 4) is 5.75 Å². The summed E-state index contributed by atoms with van der Waals surface area (Å²) in [6.07, 6.45) is 0.816. The highest BCUT2D eigenvalue weighted by Gasteiger charge is 2.15. The minimum Gasteiger partial charge on any atom is -0.426 e. The number of carbonyl (C=O) groups is 2. The van der Waals surface area contributed by atoms with Gasteiger partial charge in [0.25, 0.3) is 0 Å². The van der Waals surface area contributed by atoms with Crippen LogP contribution in [-0.4, -0.2) is 63.5 Å². The van der Waals surface area contributed by atoms with Gasteiger partial charge in [0.15, 0.2) is 6.73 Å². The molecule has 0 fully saturated rings. The van der Waals surface area contributed by atoms with Gasteiger partial charge in [0.2, 0.25) is 5.82 Å². The van der Waals surface area contributed by atoms with Crippen molar-refractivity contribution in [3.63, 3.8) is 0 Å². The number of Topliss-reactive ketones (excluding diaryl/α,β-unsaturated/α-hetero) is 1. The number of aliphatic hydroxyl groups excluding tert-OH is 1. The number of aromatic nitrogens is 4. The fourth-order valence-corrected chi connectivity index (χ4v) is 2.22. The van der Waals surface area contributed by atoms with Crippen molar-refractivity contribution in [2.45, 2.75) is 25.7 Å². The standard InChI is InChI=1S/C20H23FN4O6/c1-14(20-22-24-25(23-20)13-30-10-9-29-2)3-6-16(26)11-17(27)12-19(28)31-18-7-4-15(21)5-8-18/h3-8,16,26H,1,9-13H2,2H3. The smallest absolute Gasteiger partial charge is 0.318 e. The molecule has 1 N–H and O–H groups in total. The summed E-state index contributed by atoms with van der Waals surface area (Å²) in [6, 6.07) is 4.81. The van der Waals surface area contributed by atoms with Crippen LogP contribution in [0.2, 0.25) is 0 Å². The molecule has 0 aliphatic rings. The van der Waals surface area contributed by atoms with Crippen molar-refractivity contribution in [1.29, 1.82) is 0 Å². The van der Waals surface area contributed by atoms with Crippen molar-refractivity contribution in [3.05, 3.63) is 54.6 Å². The summed E-state index contributed by atoms with van der Waals surface area (Å²) in [5.74, 6) is -1.44. The Kier molecular flexibility index (Phi) is 9.62. The normalized spacial score (nSPS) is 12.1. The van der Waals surface area contributed by atoms with Crippen LogP contribution in [0.15, 0.2) is 43.0 Å². The summed E-state index contributed by atoms with van der Waals surface area (Å²) in [5, 5.41) is 21.7. The molecule has 0 aliphatic heterocycles. The molecule has 0 aliphatic carbocycles.